The third-order valence-electron chi connectivity index (χ3n) is 3.83. The first-order valence-corrected chi connectivity index (χ1v) is 7.97. The summed E-state index contributed by atoms with van der Waals surface area (Å²) in [6, 6.07) is 5.40. The van der Waals surface area contributed by atoms with Crippen molar-refractivity contribution in [2.45, 2.75) is 20.0 Å². The zero-order valence-electron chi connectivity index (χ0n) is 14.3. The molecule has 1 atom stereocenters. The van der Waals surface area contributed by atoms with E-state index in [-0.39, 0.29) is 18.6 Å². The van der Waals surface area contributed by atoms with Crippen LogP contribution < -0.4 is 15.9 Å². The summed E-state index contributed by atoms with van der Waals surface area (Å²) >= 11 is 0. The van der Waals surface area contributed by atoms with Gasteiger partial charge in [0, 0.05) is 20.0 Å². The van der Waals surface area contributed by atoms with Crippen LogP contribution in [0.5, 0.6) is 0 Å². The standard InChI is InChI=1S/C16H20N4O5/c1-4-23-18-15-19(3)13-6-5-11(7-14(13)25-15)20-9-12(24-16(20)22)8-17-10(2)21/h5-7,12H,4,8-9H2,1-3H3,(H,17,21)/t12-/m0/s1. The molecule has 0 spiro atoms. The largest absolute Gasteiger partial charge is 0.442 e. The summed E-state index contributed by atoms with van der Waals surface area (Å²) in [5, 5.41) is 6.56. The van der Waals surface area contributed by atoms with Gasteiger partial charge in [0.25, 0.3) is 0 Å². The van der Waals surface area contributed by atoms with Crippen molar-refractivity contribution in [2.24, 2.45) is 12.2 Å². The van der Waals surface area contributed by atoms with E-state index in [9.17, 15) is 9.59 Å². The number of benzene rings is 1. The monoisotopic (exact) mass is 348 g/mol. The summed E-state index contributed by atoms with van der Waals surface area (Å²) in [5.41, 5.74) is 2.39. The highest BCUT2D eigenvalue weighted by molar-refractivity contribution is 5.92. The minimum absolute atomic E-state index is 0.162. The van der Waals surface area contributed by atoms with Crippen LogP contribution in [0, 0.1) is 0 Å². The van der Waals surface area contributed by atoms with Gasteiger partial charge in [-0.3, -0.25) is 14.3 Å². The fourth-order valence-electron chi connectivity index (χ4n) is 2.60. The van der Waals surface area contributed by atoms with Gasteiger partial charge >= 0.3 is 11.8 Å². The van der Waals surface area contributed by atoms with E-state index in [1.807, 2.05) is 26.1 Å². The summed E-state index contributed by atoms with van der Waals surface area (Å²) in [4.78, 5) is 29.6. The number of cyclic esters (lactones) is 1. The Morgan fingerprint density at radius 1 is 1.48 bits per heavy atom. The Bertz CT molecular complexity index is 869. The molecule has 1 aliphatic heterocycles. The highest BCUT2D eigenvalue weighted by Gasteiger charge is 2.32. The molecule has 3 rings (SSSR count). The summed E-state index contributed by atoms with van der Waals surface area (Å²) in [6.45, 7) is 4.34. The van der Waals surface area contributed by atoms with Crippen LogP contribution in [0.25, 0.3) is 11.1 Å². The fourth-order valence-corrected chi connectivity index (χ4v) is 2.60. The topological polar surface area (TPSA) is 98.3 Å². The molecule has 2 aromatic rings. The Morgan fingerprint density at radius 2 is 2.28 bits per heavy atom. The number of hydrogen-bond donors (Lipinski definition) is 1. The molecule has 25 heavy (non-hydrogen) atoms. The van der Waals surface area contributed by atoms with E-state index in [0.29, 0.717) is 30.1 Å². The minimum atomic E-state index is -0.454. The zero-order chi connectivity index (χ0) is 18.0. The van der Waals surface area contributed by atoms with Gasteiger partial charge in [-0.05, 0) is 24.2 Å². The first kappa shape index (κ1) is 16.9. The predicted molar refractivity (Wildman–Crippen MR) is 88.7 cm³/mol. The van der Waals surface area contributed by atoms with Crippen LogP contribution in [0.3, 0.4) is 0 Å². The Kier molecular flexibility index (Phi) is 4.64. The highest BCUT2D eigenvalue weighted by Crippen LogP contribution is 2.25. The zero-order valence-corrected chi connectivity index (χ0v) is 14.3. The number of rotatable bonds is 5. The Hall–Kier alpha value is -2.97. The van der Waals surface area contributed by atoms with E-state index in [2.05, 4.69) is 10.5 Å². The van der Waals surface area contributed by atoms with Crippen LogP contribution in [0.2, 0.25) is 0 Å². The second kappa shape index (κ2) is 6.88. The molecule has 2 heterocycles. The molecule has 1 aliphatic rings. The van der Waals surface area contributed by atoms with Crippen LogP contribution in [0.15, 0.2) is 27.8 Å². The van der Waals surface area contributed by atoms with Gasteiger partial charge in [-0.25, -0.2) is 4.79 Å². The molecule has 134 valence electrons. The van der Waals surface area contributed by atoms with Gasteiger partial charge in [0.2, 0.25) is 5.91 Å². The molecule has 2 amide bonds. The molecular formula is C16H20N4O5. The lowest BCUT2D eigenvalue weighted by Gasteiger charge is -2.12. The summed E-state index contributed by atoms with van der Waals surface area (Å²) < 4.78 is 12.7. The average molecular weight is 348 g/mol. The molecule has 9 heteroatoms. The Labute approximate surface area is 143 Å². The van der Waals surface area contributed by atoms with E-state index in [1.54, 1.807) is 10.6 Å². The Balaban J connectivity index is 1.84. The summed E-state index contributed by atoms with van der Waals surface area (Å²) in [7, 11) is 1.82. The van der Waals surface area contributed by atoms with Gasteiger partial charge in [0.15, 0.2) is 5.58 Å². The first-order chi connectivity index (χ1) is 12.0. The number of fused-ring (bicyclic) bond motifs is 1. The molecule has 1 fully saturated rings. The highest BCUT2D eigenvalue weighted by atomic mass is 16.6. The van der Waals surface area contributed by atoms with Crippen molar-refractivity contribution < 1.29 is 23.6 Å². The molecule has 1 aromatic heterocycles. The maximum atomic E-state index is 12.1. The number of aromatic nitrogens is 1. The van der Waals surface area contributed by atoms with Crippen molar-refractivity contribution in [1.82, 2.24) is 9.88 Å². The maximum Gasteiger partial charge on any atom is 0.414 e. The van der Waals surface area contributed by atoms with Gasteiger partial charge < -0.3 is 19.3 Å². The number of amides is 2. The molecule has 1 N–H and O–H groups in total. The average Bonchev–Trinajstić information content (AvgIpc) is 3.11. The minimum Gasteiger partial charge on any atom is -0.442 e. The SMILES string of the molecule is CCON=c1oc2cc(N3C[C@H](CNC(C)=O)OC3=O)ccc2n1C. The van der Waals surface area contributed by atoms with Crippen molar-refractivity contribution >= 4 is 28.8 Å². The molecule has 1 saturated heterocycles. The van der Waals surface area contributed by atoms with Crippen LogP contribution in [-0.4, -0.2) is 42.4 Å². The second-order valence-electron chi connectivity index (χ2n) is 5.66. The van der Waals surface area contributed by atoms with E-state index in [0.717, 1.165) is 5.52 Å². The number of aryl methyl sites for hydroxylation is 1. The van der Waals surface area contributed by atoms with Crippen LogP contribution in [0.1, 0.15) is 13.8 Å². The van der Waals surface area contributed by atoms with Crippen molar-refractivity contribution in [2.75, 3.05) is 24.6 Å². The third kappa shape index (κ3) is 3.44. The quantitative estimate of drug-likeness (QED) is 0.816. The maximum absolute atomic E-state index is 12.1. The number of oxazole rings is 1. The van der Waals surface area contributed by atoms with Gasteiger partial charge in [0.05, 0.1) is 24.3 Å². The van der Waals surface area contributed by atoms with Crippen LogP contribution in [-0.2, 0) is 21.4 Å². The van der Waals surface area contributed by atoms with Crippen molar-refractivity contribution in [3.63, 3.8) is 0 Å². The number of anilines is 1. The van der Waals surface area contributed by atoms with E-state index < -0.39 is 6.09 Å². The van der Waals surface area contributed by atoms with E-state index in [1.165, 1.54) is 11.8 Å². The Morgan fingerprint density at radius 3 is 3.00 bits per heavy atom. The molecule has 0 saturated carbocycles. The van der Waals surface area contributed by atoms with Crippen LogP contribution in [0.4, 0.5) is 10.5 Å². The van der Waals surface area contributed by atoms with E-state index >= 15 is 0 Å². The number of ether oxygens (including phenoxy) is 1. The summed E-state index contributed by atoms with van der Waals surface area (Å²) in [5.74, 6) is -0.162. The number of carbonyl (C=O) groups excluding carboxylic acids is 2. The van der Waals surface area contributed by atoms with Gasteiger partial charge in [-0.1, -0.05) is 0 Å². The second-order valence-corrected chi connectivity index (χ2v) is 5.66. The fraction of sp³-hybridized carbons (Fsp3) is 0.438. The number of nitrogens with one attached hydrogen (secondary N) is 1. The molecule has 0 unspecified atom stereocenters. The summed E-state index contributed by atoms with van der Waals surface area (Å²) in [6.07, 6.45) is -0.840. The van der Waals surface area contributed by atoms with E-state index in [4.69, 9.17) is 14.0 Å². The van der Waals surface area contributed by atoms with Gasteiger partial charge in [-0.2, -0.15) is 0 Å². The molecule has 0 radical (unpaired) electrons. The number of carbonyl (C=O) groups is 2. The lowest BCUT2D eigenvalue weighted by Crippen LogP contribution is -2.33. The van der Waals surface area contributed by atoms with Crippen LogP contribution >= 0.6 is 0 Å². The van der Waals surface area contributed by atoms with Gasteiger partial charge in [0.1, 0.15) is 12.7 Å². The predicted octanol–water partition coefficient (Wildman–Crippen LogP) is 1.08. The normalized spacial score (nSPS) is 17.9. The van der Waals surface area contributed by atoms with Crippen molar-refractivity contribution in [1.29, 1.82) is 0 Å². The van der Waals surface area contributed by atoms with Crippen molar-refractivity contribution in [3.05, 3.63) is 23.9 Å². The molecule has 0 bridgehead atoms. The molecular weight excluding hydrogens is 328 g/mol. The molecule has 0 aliphatic carbocycles. The molecule has 9 nitrogen and oxygen atoms in total. The van der Waals surface area contributed by atoms with Crippen molar-refractivity contribution in [3.8, 4) is 0 Å². The third-order valence-corrected chi connectivity index (χ3v) is 3.83. The smallest absolute Gasteiger partial charge is 0.414 e. The van der Waals surface area contributed by atoms with Gasteiger partial charge in [-0.15, -0.1) is 0 Å². The first-order valence-electron chi connectivity index (χ1n) is 7.97. The molecule has 1 aromatic carbocycles. The number of nitrogens with zero attached hydrogens (tertiary/aromatic N) is 3. The lowest BCUT2D eigenvalue weighted by atomic mass is 10.2. The lowest BCUT2D eigenvalue weighted by molar-refractivity contribution is -0.119. The number of hydrogen-bond acceptors (Lipinski definition) is 6.